The second-order valence-electron chi connectivity index (χ2n) is 15.4. The third-order valence-electron chi connectivity index (χ3n) is 10.7. The number of hydrogen-bond acceptors (Lipinski definition) is 12. The molecule has 1 aliphatic carbocycles. The Kier molecular flexibility index (Phi) is 15.1. The van der Waals surface area contributed by atoms with Crippen molar-refractivity contribution in [2.45, 2.75) is 70.6 Å². The van der Waals surface area contributed by atoms with Crippen LogP contribution in [0.5, 0.6) is 0 Å². The van der Waals surface area contributed by atoms with Gasteiger partial charge < -0.3 is 29.8 Å². The number of carbonyl (C=O) groups is 4. The molecule has 3 aliphatic rings. The molecule has 2 saturated heterocycles. The third kappa shape index (κ3) is 11.9. The van der Waals surface area contributed by atoms with Crippen LogP contribution in [0, 0.1) is 17.8 Å². The van der Waals surface area contributed by atoms with Gasteiger partial charge in [-0.3, -0.25) is 24.6 Å². The Labute approximate surface area is 368 Å². The molecule has 0 bridgehead atoms. The van der Waals surface area contributed by atoms with Gasteiger partial charge in [-0.05, 0) is 93.3 Å². The number of oxazole rings is 1. The van der Waals surface area contributed by atoms with E-state index in [4.69, 9.17) is 13.9 Å². The Balaban J connectivity index is 0.811. The predicted octanol–water partition coefficient (Wildman–Crippen LogP) is 6.23. The number of halogens is 2. The highest BCUT2D eigenvalue weighted by Gasteiger charge is 2.42. The molecular weight excluding hydrogens is 829 g/mol. The Morgan fingerprint density at radius 1 is 1.14 bits per heavy atom. The maximum Gasteiger partial charge on any atom is 0.411 e. The number of anilines is 1. The molecule has 1 unspecified atom stereocenters. The van der Waals surface area contributed by atoms with Crippen LogP contribution in [0.4, 0.5) is 19.3 Å². The molecule has 4 amide bonds. The molecule has 334 valence electrons. The fourth-order valence-corrected chi connectivity index (χ4v) is 7.01. The molecule has 0 spiro atoms. The Hall–Kier alpha value is -6.97. The lowest BCUT2D eigenvalue weighted by molar-refractivity contribution is -0.136. The molecule has 2 aromatic carbocycles. The number of benzene rings is 2. The van der Waals surface area contributed by atoms with Gasteiger partial charge in [-0.1, -0.05) is 42.2 Å². The van der Waals surface area contributed by atoms with Crippen LogP contribution >= 0.6 is 0 Å². The largest absolute Gasteiger partial charge is 0.444 e. The lowest BCUT2D eigenvalue weighted by atomic mass is 10.0. The summed E-state index contributed by atoms with van der Waals surface area (Å²) < 4.78 is 46.3. The summed E-state index contributed by atoms with van der Waals surface area (Å²) in [5.74, 6) is 6.00. The van der Waals surface area contributed by atoms with Crippen LogP contribution in [0.2, 0.25) is 0 Å². The van der Waals surface area contributed by atoms with E-state index in [1.165, 1.54) is 28.6 Å². The summed E-state index contributed by atoms with van der Waals surface area (Å²) in [5.41, 5.74) is 2.78. The first-order valence-corrected chi connectivity index (χ1v) is 21.1. The van der Waals surface area contributed by atoms with Crippen molar-refractivity contribution >= 4 is 41.8 Å². The van der Waals surface area contributed by atoms with E-state index >= 15 is 0 Å². The van der Waals surface area contributed by atoms with E-state index in [-0.39, 0.29) is 42.6 Å². The molecule has 7 rings (SSSR count). The van der Waals surface area contributed by atoms with E-state index in [1.54, 1.807) is 31.2 Å². The zero-order chi connectivity index (χ0) is 45.0. The molecule has 3 fully saturated rings. The number of imide groups is 1. The van der Waals surface area contributed by atoms with Crippen molar-refractivity contribution in [3.05, 3.63) is 113 Å². The van der Waals surface area contributed by atoms with Crippen molar-refractivity contribution in [3.8, 4) is 17.5 Å². The zero-order valence-corrected chi connectivity index (χ0v) is 35.3. The van der Waals surface area contributed by atoms with Crippen molar-refractivity contribution in [2.75, 3.05) is 38.2 Å². The average Bonchev–Trinajstić information content (AvgIpc) is 3.61. The molecular formula is C46H49F2N9O7. The number of alkyl halides is 2. The fraction of sp³-hybridized carbons (Fsp3) is 0.370. The van der Waals surface area contributed by atoms with Gasteiger partial charge in [0.25, 0.3) is 12.3 Å². The van der Waals surface area contributed by atoms with Gasteiger partial charge >= 0.3 is 6.09 Å². The molecule has 2 atom stereocenters. The van der Waals surface area contributed by atoms with Crippen molar-refractivity contribution in [3.63, 3.8) is 0 Å². The first-order chi connectivity index (χ1) is 31.1. The van der Waals surface area contributed by atoms with E-state index in [1.807, 2.05) is 36.4 Å². The monoisotopic (exact) mass is 877 g/mol. The third-order valence-corrected chi connectivity index (χ3v) is 10.7. The highest BCUT2D eigenvalue weighted by Crippen LogP contribution is 2.31. The van der Waals surface area contributed by atoms with E-state index in [2.05, 4.69) is 54.9 Å². The van der Waals surface area contributed by atoms with Crippen LogP contribution in [0.25, 0.3) is 11.3 Å². The van der Waals surface area contributed by atoms with E-state index in [9.17, 15) is 28.0 Å². The number of cyclic esters (lactones) is 1. The minimum Gasteiger partial charge on any atom is -0.444 e. The lowest BCUT2D eigenvalue weighted by Gasteiger charge is -2.27. The smallest absolute Gasteiger partial charge is 0.411 e. The second-order valence-corrected chi connectivity index (χ2v) is 15.4. The average molecular weight is 878 g/mol. The highest BCUT2D eigenvalue weighted by molar-refractivity contribution is 6.03. The van der Waals surface area contributed by atoms with Crippen LogP contribution in [0.15, 0.2) is 88.4 Å². The number of nitrogens with zero attached hydrogens (tertiary/aromatic N) is 5. The minimum absolute atomic E-state index is 0.0941. The number of nitrogens with one attached hydrogen (secondary N) is 4. The number of allylic oxidation sites excluding steroid dienone is 3. The van der Waals surface area contributed by atoms with Crippen LogP contribution < -0.4 is 21.3 Å². The standard InChI is InChI=1S/C46H49F2N9O7/c1-3-32(23-39(49-2)51-25-31-11-12-31)45-53-36(28-63-45)43(59)52-35-26-57(55-41(35)42(47)48)34-15-13-30(14-16-34)24-50-19-7-21-62-20-5-4-8-29-9-6-10-33(22-29)38-27-56(46(61)64-38)37-17-18-40(58)54-44(37)60/h3,6,9-10,13-16,22-23,26,28,31,37-38,42,50-51H,2,5,7,11-12,17-21,24-25,27H2,1H3,(H,52,59)(H,54,58,60)/b32-3+,39-23+/t37?,38-/m1/s1. The normalized spacial score (nSPS) is 17.8. The summed E-state index contributed by atoms with van der Waals surface area (Å²) in [7, 11) is 0. The van der Waals surface area contributed by atoms with Crippen molar-refractivity contribution in [2.24, 2.45) is 10.9 Å². The van der Waals surface area contributed by atoms with Crippen LogP contribution in [-0.2, 0) is 25.6 Å². The number of hydrogen-bond donors (Lipinski definition) is 4. The molecule has 2 aliphatic heterocycles. The maximum atomic E-state index is 14.1. The maximum absolute atomic E-state index is 14.1. The number of ether oxygens (including phenoxy) is 2. The molecule has 1 saturated carbocycles. The van der Waals surface area contributed by atoms with Gasteiger partial charge in [0.1, 0.15) is 24.2 Å². The van der Waals surface area contributed by atoms with E-state index < -0.39 is 42.2 Å². The molecule has 2 aromatic heterocycles. The number of aromatic nitrogens is 3. The van der Waals surface area contributed by atoms with Gasteiger partial charge in [0, 0.05) is 43.7 Å². The Bertz CT molecular complexity index is 2460. The predicted molar refractivity (Wildman–Crippen MR) is 232 cm³/mol. The van der Waals surface area contributed by atoms with E-state index in [0.29, 0.717) is 55.7 Å². The molecule has 0 radical (unpaired) electrons. The number of aliphatic imine (C=N–C) groups is 1. The molecule has 18 heteroatoms. The number of rotatable bonds is 20. The fourth-order valence-electron chi connectivity index (χ4n) is 7.01. The first-order valence-electron chi connectivity index (χ1n) is 21.1. The number of piperidine rings is 1. The summed E-state index contributed by atoms with van der Waals surface area (Å²) in [6, 6.07) is 13.9. The number of amides is 4. The van der Waals surface area contributed by atoms with Gasteiger partial charge in [0.15, 0.2) is 11.4 Å². The molecule has 64 heavy (non-hydrogen) atoms. The summed E-state index contributed by atoms with van der Waals surface area (Å²) in [6.07, 6.45) is 5.99. The van der Waals surface area contributed by atoms with Gasteiger partial charge in [0.2, 0.25) is 17.7 Å². The molecule has 4 heterocycles. The molecule has 16 nitrogen and oxygen atoms in total. The van der Waals surface area contributed by atoms with Crippen LogP contribution in [0.3, 0.4) is 0 Å². The SMILES string of the molecule is C=N/C(=C\C(=C/C)c1nc(C(=O)Nc2cn(-c3ccc(CNCCCOCCC#Cc4cccc([C@H]5CN(C6CCC(=O)NC6=O)C(=O)O5)c4)cc3)nc2C(F)F)co1)NCC1CC1. The van der Waals surface area contributed by atoms with Crippen LogP contribution in [-0.4, -0.2) is 89.1 Å². The Morgan fingerprint density at radius 2 is 1.97 bits per heavy atom. The lowest BCUT2D eigenvalue weighted by Crippen LogP contribution is -2.52. The molecule has 4 N–H and O–H groups in total. The van der Waals surface area contributed by atoms with Gasteiger partial charge in [-0.25, -0.2) is 28.2 Å². The highest BCUT2D eigenvalue weighted by atomic mass is 19.3. The van der Waals surface area contributed by atoms with Crippen molar-refractivity contribution in [1.29, 1.82) is 0 Å². The van der Waals surface area contributed by atoms with Gasteiger partial charge in [-0.2, -0.15) is 5.10 Å². The Morgan fingerprint density at radius 3 is 2.72 bits per heavy atom. The zero-order valence-electron chi connectivity index (χ0n) is 35.3. The van der Waals surface area contributed by atoms with Gasteiger partial charge in [0.05, 0.1) is 30.7 Å². The summed E-state index contributed by atoms with van der Waals surface area (Å²) >= 11 is 0. The minimum atomic E-state index is -2.95. The summed E-state index contributed by atoms with van der Waals surface area (Å²) in [6.45, 7) is 8.68. The van der Waals surface area contributed by atoms with Gasteiger partial charge in [-0.15, -0.1) is 0 Å². The van der Waals surface area contributed by atoms with Crippen molar-refractivity contribution < 1.29 is 41.8 Å². The summed E-state index contributed by atoms with van der Waals surface area (Å²) in [4.78, 5) is 59.1. The second kappa shape index (κ2) is 21.4. The topological polar surface area (TPSA) is 194 Å². The van der Waals surface area contributed by atoms with Crippen molar-refractivity contribution in [1.82, 2.24) is 35.6 Å². The quantitative estimate of drug-likeness (QED) is 0.0259. The van der Waals surface area contributed by atoms with Crippen LogP contribution in [0.1, 0.15) is 96.7 Å². The van der Waals surface area contributed by atoms with E-state index in [0.717, 1.165) is 35.9 Å². The summed E-state index contributed by atoms with van der Waals surface area (Å²) in [5, 5.41) is 15.4. The molecule has 4 aromatic rings. The number of carbonyl (C=O) groups excluding carboxylic acids is 4. The first kappa shape index (κ1) is 45.1.